The number of allylic oxidation sites excluding steroid dienone is 2. The second kappa shape index (κ2) is 3.97. The Morgan fingerprint density at radius 3 is 2.32 bits per heavy atom. The molecule has 2 nitrogen and oxygen atoms in total. The topological polar surface area (TPSA) is 18.5 Å². The van der Waals surface area contributed by atoms with E-state index >= 15 is 0 Å². The normalized spacial score (nSPS) is 23.4. The summed E-state index contributed by atoms with van der Waals surface area (Å²) in [6, 6.07) is 6.42. The van der Waals surface area contributed by atoms with Crippen LogP contribution in [0.15, 0.2) is 24.3 Å². The van der Waals surface area contributed by atoms with Gasteiger partial charge in [-0.1, -0.05) is 24.3 Å². The van der Waals surface area contributed by atoms with Crippen LogP contribution in [-0.2, 0) is 15.7 Å². The van der Waals surface area contributed by atoms with E-state index in [1.807, 2.05) is 0 Å². The molecule has 0 aromatic heterocycles. The van der Waals surface area contributed by atoms with Gasteiger partial charge in [0.15, 0.2) is 0 Å². The van der Waals surface area contributed by atoms with Gasteiger partial charge >= 0.3 is 7.12 Å². The lowest BCUT2D eigenvalue weighted by atomic mass is 9.74. The SMILES string of the molecule is CC1=CCc2cccc(B3OC(C)(C)C(C)(C)O3)c21. The van der Waals surface area contributed by atoms with Crippen molar-refractivity contribution >= 4 is 18.2 Å². The summed E-state index contributed by atoms with van der Waals surface area (Å²) in [7, 11) is -0.263. The molecule has 1 aliphatic carbocycles. The number of hydrogen-bond donors (Lipinski definition) is 0. The molecule has 0 unspecified atom stereocenters. The van der Waals surface area contributed by atoms with Gasteiger partial charge in [-0.15, -0.1) is 0 Å². The van der Waals surface area contributed by atoms with Gasteiger partial charge in [-0.3, -0.25) is 0 Å². The van der Waals surface area contributed by atoms with Crippen LogP contribution in [0, 0.1) is 0 Å². The summed E-state index contributed by atoms with van der Waals surface area (Å²) in [4.78, 5) is 0. The fraction of sp³-hybridized carbons (Fsp3) is 0.500. The zero-order chi connectivity index (χ0) is 13.8. The van der Waals surface area contributed by atoms with Crippen LogP contribution in [0.5, 0.6) is 0 Å². The van der Waals surface area contributed by atoms with E-state index in [1.54, 1.807) is 0 Å². The van der Waals surface area contributed by atoms with Crippen LogP contribution in [0.3, 0.4) is 0 Å². The summed E-state index contributed by atoms with van der Waals surface area (Å²) in [5.41, 5.74) is 4.64. The molecule has 1 saturated heterocycles. The van der Waals surface area contributed by atoms with Crippen molar-refractivity contribution in [2.45, 2.75) is 52.2 Å². The smallest absolute Gasteiger partial charge is 0.399 e. The van der Waals surface area contributed by atoms with E-state index in [2.05, 4.69) is 58.9 Å². The maximum absolute atomic E-state index is 6.17. The van der Waals surface area contributed by atoms with E-state index in [-0.39, 0.29) is 18.3 Å². The van der Waals surface area contributed by atoms with Gasteiger partial charge in [-0.2, -0.15) is 0 Å². The summed E-state index contributed by atoms with van der Waals surface area (Å²) in [6.45, 7) is 10.6. The van der Waals surface area contributed by atoms with E-state index in [1.165, 1.54) is 22.2 Å². The van der Waals surface area contributed by atoms with Gasteiger partial charge in [-0.25, -0.2) is 0 Å². The quantitative estimate of drug-likeness (QED) is 0.719. The highest BCUT2D eigenvalue weighted by Gasteiger charge is 2.52. The van der Waals surface area contributed by atoms with E-state index in [4.69, 9.17) is 9.31 Å². The minimum Gasteiger partial charge on any atom is -0.399 e. The molecule has 0 bridgehead atoms. The first-order valence-corrected chi connectivity index (χ1v) is 6.96. The standard InChI is InChI=1S/C16H21BO2/c1-11-9-10-12-7-6-8-13(14(11)12)17-18-15(2,3)16(4,5)19-17/h6-9H,10H2,1-5H3. The van der Waals surface area contributed by atoms with Gasteiger partial charge in [0.25, 0.3) is 0 Å². The van der Waals surface area contributed by atoms with Crippen molar-refractivity contribution in [2.24, 2.45) is 0 Å². The van der Waals surface area contributed by atoms with Gasteiger partial charge < -0.3 is 9.31 Å². The van der Waals surface area contributed by atoms with Crippen molar-refractivity contribution in [3.05, 3.63) is 35.4 Å². The molecule has 1 aromatic rings. The molecule has 0 N–H and O–H groups in total. The molecule has 1 fully saturated rings. The number of hydrogen-bond acceptors (Lipinski definition) is 2. The molecule has 2 aliphatic rings. The van der Waals surface area contributed by atoms with Crippen LogP contribution in [0.1, 0.15) is 45.7 Å². The highest BCUT2D eigenvalue weighted by Crippen LogP contribution is 2.37. The summed E-state index contributed by atoms with van der Waals surface area (Å²) < 4.78 is 12.3. The Balaban J connectivity index is 2.03. The molecule has 0 radical (unpaired) electrons. The van der Waals surface area contributed by atoms with Gasteiger partial charge in [0, 0.05) is 0 Å². The van der Waals surface area contributed by atoms with Crippen LogP contribution in [0.4, 0.5) is 0 Å². The summed E-state index contributed by atoms with van der Waals surface area (Å²) in [5.74, 6) is 0. The molecule has 1 aromatic carbocycles. The van der Waals surface area contributed by atoms with E-state index in [9.17, 15) is 0 Å². The average molecular weight is 256 g/mol. The number of benzene rings is 1. The van der Waals surface area contributed by atoms with E-state index in [0.29, 0.717) is 0 Å². The first-order valence-electron chi connectivity index (χ1n) is 6.96. The molecule has 3 heteroatoms. The first kappa shape index (κ1) is 13.0. The molecule has 0 spiro atoms. The first-order chi connectivity index (χ1) is 8.82. The zero-order valence-corrected chi connectivity index (χ0v) is 12.4. The zero-order valence-electron chi connectivity index (χ0n) is 12.4. The molecule has 3 rings (SSSR count). The van der Waals surface area contributed by atoms with E-state index < -0.39 is 0 Å². The Hall–Kier alpha value is -1.06. The van der Waals surface area contributed by atoms with Crippen molar-refractivity contribution in [1.29, 1.82) is 0 Å². The molecule has 1 aliphatic heterocycles. The second-order valence-electron chi connectivity index (χ2n) is 6.56. The van der Waals surface area contributed by atoms with Crippen LogP contribution in [-0.4, -0.2) is 18.3 Å². The molecule has 100 valence electrons. The maximum Gasteiger partial charge on any atom is 0.495 e. The second-order valence-corrected chi connectivity index (χ2v) is 6.56. The summed E-state index contributed by atoms with van der Waals surface area (Å²) in [6.07, 6.45) is 3.30. The van der Waals surface area contributed by atoms with Gasteiger partial charge in [0.05, 0.1) is 11.2 Å². The van der Waals surface area contributed by atoms with Crippen LogP contribution in [0.25, 0.3) is 5.57 Å². The monoisotopic (exact) mass is 256 g/mol. The highest BCUT2D eigenvalue weighted by atomic mass is 16.7. The predicted molar refractivity (Wildman–Crippen MR) is 79.5 cm³/mol. The average Bonchev–Trinajstić information content (AvgIpc) is 2.78. The maximum atomic E-state index is 6.17. The Morgan fingerprint density at radius 1 is 1.05 bits per heavy atom. The molecular weight excluding hydrogens is 235 g/mol. The molecule has 19 heavy (non-hydrogen) atoms. The van der Waals surface area contributed by atoms with Crippen molar-refractivity contribution in [1.82, 2.24) is 0 Å². The van der Waals surface area contributed by atoms with Crippen LogP contribution >= 0.6 is 0 Å². The van der Waals surface area contributed by atoms with Crippen LogP contribution in [0.2, 0.25) is 0 Å². The predicted octanol–water partition coefficient (Wildman–Crippen LogP) is 2.95. The highest BCUT2D eigenvalue weighted by molar-refractivity contribution is 6.63. The van der Waals surface area contributed by atoms with Gasteiger partial charge in [0.1, 0.15) is 0 Å². The Labute approximate surface area is 115 Å². The third kappa shape index (κ3) is 1.87. The van der Waals surface area contributed by atoms with Gasteiger partial charge in [0.2, 0.25) is 0 Å². The lowest BCUT2D eigenvalue weighted by molar-refractivity contribution is 0.00578. The molecule has 0 saturated carbocycles. The Bertz CT molecular complexity index is 542. The lowest BCUT2D eigenvalue weighted by Gasteiger charge is -2.32. The van der Waals surface area contributed by atoms with Gasteiger partial charge in [-0.05, 0) is 63.2 Å². The lowest BCUT2D eigenvalue weighted by Crippen LogP contribution is -2.41. The fourth-order valence-electron chi connectivity index (χ4n) is 2.80. The Morgan fingerprint density at radius 2 is 1.68 bits per heavy atom. The minimum absolute atomic E-state index is 0.263. The number of rotatable bonds is 1. The summed E-state index contributed by atoms with van der Waals surface area (Å²) in [5, 5.41) is 0. The third-order valence-corrected chi connectivity index (χ3v) is 4.71. The van der Waals surface area contributed by atoms with Crippen LogP contribution < -0.4 is 5.46 Å². The summed E-state index contributed by atoms with van der Waals surface area (Å²) >= 11 is 0. The van der Waals surface area contributed by atoms with Crippen molar-refractivity contribution in [3.8, 4) is 0 Å². The molecule has 0 atom stereocenters. The van der Waals surface area contributed by atoms with Crippen molar-refractivity contribution in [2.75, 3.05) is 0 Å². The van der Waals surface area contributed by atoms with Crippen molar-refractivity contribution < 1.29 is 9.31 Å². The minimum atomic E-state index is -0.281. The van der Waals surface area contributed by atoms with E-state index in [0.717, 1.165) is 6.42 Å². The van der Waals surface area contributed by atoms with Crippen molar-refractivity contribution in [3.63, 3.8) is 0 Å². The molecular formula is C16H21BO2. The largest absolute Gasteiger partial charge is 0.495 e. The third-order valence-electron chi connectivity index (χ3n) is 4.71. The Kier molecular flexibility index (Phi) is 2.71. The fourth-order valence-corrected chi connectivity index (χ4v) is 2.80. The molecule has 1 heterocycles. The number of fused-ring (bicyclic) bond motifs is 1. The molecule has 0 amide bonds.